The van der Waals surface area contributed by atoms with Crippen LogP contribution >= 0.6 is 11.6 Å². The monoisotopic (exact) mass is 441 g/mol. The predicted octanol–water partition coefficient (Wildman–Crippen LogP) is 1.84. The van der Waals surface area contributed by atoms with Gasteiger partial charge >= 0.3 is 5.69 Å². The highest BCUT2D eigenvalue weighted by Crippen LogP contribution is 2.11. The van der Waals surface area contributed by atoms with Crippen LogP contribution in [0.3, 0.4) is 0 Å². The van der Waals surface area contributed by atoms with Crippen LogP contribution in [0.5, 0.6) is 0 Å². The van der Waals surface area contributed by atoms with E-state index in [4.69, 9.17) is 11.6 Å². The van der Waals surface area contributed by atoms with Crippen molar-refractivity contribution in [3.63, 3.8) is 0 Å². The van der Waals surface area contributed by atoms with Gasteiger partial charge in [0, 0.05) is 31.7 Å². The molecule has 0 bridgehead atoms. The Kier molecular flexibility index (Phi) is 7.38. The van der Waals surface area contributed by atoms with E-state index in [1.165, 1.54) is 12.6 Å². The highest BCUT2D eigenvalue weighted by atomic mass is 35.5. The molecule has 3 aromatic rings. The average Bonchev–Trinajstić information content (AvgIpc) is 2.78. The number of halogens is 1. The van der Waals surface area contributed by atoms with Gasteiger partial charge in [-0.25, -0.2) is 4.79 Å². The topological polar surface area (TPSA) is 89.2 Å². The SMILES string of the molecule is CCN(CCNC(=O)c1nn(-c2ccc(Cl)cc2)c(=O)n(C)c1=O)Cc1ccccc1. The Hall–Kier alpha value is -3.23. The smallest absolute Gasteiger partial charge is 0.349 e. The zero-order valence-electron chi connectivity index (χ0n) is 17.4. The van der Waals surface area contributed by atoms with E-state index in [1.807, 2.05) is 25.1 Å². The predicted molar refractivity (Wildman–Crippen MR) is 120 cm³/mol. The molecule has 0 aliphatic rings. The molecule has 31 heavy (non-hydrogen) atoms. The van der Waals surface area contributed by atoms with Crippen molar-refractivity contribution in [2.45, 2.75) is 13.5 Å². The van der Waals surface area contributed by atoms with Gasteiger partial charge in [-0.2, -0.15) is 9.78 Å². The maximum absolute atomic E-state index is 12.7. The minimum Gasteiger partial charge on any atom is -0.349 e. The van der Waals surface area contributed by atoms with Crippen molar-refractivity contribution in [3.05, 3.63) is 91.7 Å². The van der Waals surface area contributed by atoms with Crippen molar-refractivity contribution < 1.29 is 4.79 Å². The molecule has 8 nitrogen and oxygen atoms in total. The van der Waals surface area contributed by atoms with Crippen molar-refractivity contribution in [3.8, 4) is 5.69 Å². The Labute approximate surface area is 184 Å². The van der Waals surface area contributed by atoms with E-state index in [-0.39, 0.29) is 5.69 Å². The second kappa shape index (κ2) is 10.2. The van der Waals surface area contributed by atoms with Crippen LogP contribution in [0.4, 0.5) is 0 Å². The number of aromatic nitrogens is 3. The maximum atomic E-state index is 12.7. The summed E-state index contributed by atoms with van der Waals surface area (Å²) in [6, 6.07) is 16.4. The fourth-order valence-corrected chi connectivity index (χ4v) is 3.19. The number of amides is 1. The van der Waals surface area contributed by atoms with Crippen LogP contribution in [0, 0.1) is 0 Å². The standard InChI is InChI=1S/C22H24ClN5O3/c1-3-27(15-16-7-5-4-6-8-16)14-13-24-20(29)19-21(30)26(2)22(31)28(25-19)18-11-9-17(23)10-12-18/h4-12H,3,13-15H2,1-2H3,(H,24,29). The number of likely N-dealkylation sites (N-methyl/N-ethyl adjacent to an activating group) is 1. The molecule has 0 aliphatic carbocycles. The molecule has 1 amide bonds. The molecule has 0 radical (unpaired) electrons. The minimum atomic E-state index is -0.746. The third kappa shape index (κ3) is 5.48. The summed E-state index contributed by atoms with van der Waals surface area (Å²) in [6.07, 6.45) is 0. The number of nitrogens with zero attached hydrogens (tertiary/aromatic N) is 4. The molecule has 162 valence electrons. The number of carbonyl (C=O) groups excluding carboxylic acids is 1. The first-order chi connectivity index (χ1) is 14.9. The molecular weight excluding hydrogens is 418 g/mol. The number of hydrogen-bond donors (Lipinski definition) is 1. The molecule has 9 heteroatoms. The lowest BCUT2D eigenvalue weighted by Crippen LogP contribution is -2.45. The van der Waals surface area contributed by atoms with Crippen LogP contribution in [0.1, 0.15) is 23.0 Å². The molecular formula is C22H24ClN5O3. The normalized spacial score (nSPS) is 11.0. The molecule has 0 unspecified atom stereocenters. The van der Waals surface area contributed by atoms with Crippen molar-refractivity contribution in [2.75, 3.05) is 19.6 Å². The molecule has 1 N–H and O–H groups in total. The van der Waals surface area contributed by atoms with Gasteiger partial charge in [-0.15, -0.1) is 0 Å². The summed E-state index contributed by atoms with van der Waals surface area (Å²) in [5.74, 6) is -0.626. The Morgan fingerprint density at radius 2 is 1.77 bits per heavy atom. The lowest BCUT2D eigenvalue weighted by molar-refractivity contribution is 0.0938. The first kappa shape index (κ1) is 22.5. The lowest BCUT2D eigenvalue weighted by atomic mass is 10.2. The van der Waals surface area contributed by atoms with Crippen LogP contribution in [0.25, 0.3) is 5.69 Å². The fourth-order valence-electron chi connectivity index (χ4n) is 3.07. The first-order valence-electron chi connectivity index (χ1n) is 9.91. The molecule has 3 rings (SSSR count). The highest BCUT2D eigenvalue weighted by Gasteiger charge is 2.18. The van der Waals surface area contributed by atoms with E-state index in [9.17, 15) is 14.4 Å². The highest BCUT2D eigenvalue weighted by molar-refractivity contribution is 6.30. The largest absolute Gasteiger partial charge is 0.351 e. The molecule has 2 aromatic carbocycles. The van der Waals surface area contributed by atoms with E-state index < -0.39 is 17.2 Å². The van der Waals surface area contributed by atoms with Crippen LogP contribution in [0.15, 0.2) is 64.2 Å². The second-order valence-corrected chi connectivity index (χ2v) is 7.43. The van der Waals surface area contributed by atoms with Crippen molar-refractivity contribution in [1.82, 2.24) is 24.6 Å². The van der Waals surface area contributed by atoms with Gasteiger partial charge in [-0.3, -0.25) is 19.1 Å². The molecule has 0 aliphatic heterocycles. The minimum absolute atomic E-state index is 0.338. The van der Waals surface area contributed by atoms with Gasteiger partial charge < -0.3 is 5.32 Å². The summed E-state index contributed by atoms with van der Waals surface area (Å²) in [7, 11) is 1.31. The number of carbonyl (C=O) groups is 1. The molecule has 0 saturated carbocycles. The fraction of sp³-hybridized carbons (Fsp3) is 0.273. The van der Waals surface area contributed by atoms with Gasteiger partial charge in [0.25, 0.3) is 11.5 Å². The number of hydrogen-bond acceptors (Lipinski definition) is 5. The molecule has 0 atom stereocenters. The van der Waals surface area contributed by atoms with Crippen molar-refractivity contribution in [2.24, 2.45) is 7.05 Å². The summed E-state index contributed by atoms with van der Waals surface area (Å²) < 4.78 is 1.88. The molecule has 0 spiro atoms. The molecule has 1 heterocycles. The summed E-state index contributed by atoms with van der Waals surface area (Å²) in [6.45, 7) is 4.56. The number of benzene rings is 2. The van der Waals surface area contributed by atoms with Crippen LogP contribution in [0.2, 0.25) is 5.02 Å². The van der Waals surface area contributed by atoms with E-state index >= 15 is 0 Å². The molecule has 0 fully saturated rings. The van der Waals surface area contributed by atoms with E-state index in [1.54, 1.807) is 24.3 Å². The van der Waals surface area contributed by atoms with Crippen LogP contribution < -0.4 is 16.6 Å². The van der Waals surface area contributed by atoms with Crippen molar-refractivity contribution in [1.29, 1.82) is 0 Å². The van der Waals surface area contributed by atoms with Gasteiger partial charge in [0.1, 0.15) is 0 Å². The summed E-state index contributed by atoms with van der Waals surface area (Å²) in [5.41, 5.74) is -0.156. The summed E-state index contributed by atoms with van der Waals surface area (Å²) in [4.78, 5) is 39.7. The van der Waals surface area contributed by atoms with Gasteiger partial charge in [0.05, 0.1) is 5.69 Å². The zero-order valence-corrected chi connectivity index (χ0v) is 18.2. The van der Waals surface area contributed by atoms with Crippen LogP contribution in [-0.2, 0) is 13.6 Å². The van der Waals surface area contributed by atoms with Gasteiger partial charge in [0.15, 0.2) is 0 Å². The third-order valence-electron chi connectivity index (χ3n) is 4.87. The van der Waals surface area contributed by atoms with Gasteiger partial charge in [-0.05, 0) is 36.4 Å². The summed E-state index contributed by atoms with van der Waals surface area (Å²) >= 11 is 5.89. The summed E-state index contributed by atoms with van der Waals surface area (Å²) in [5, 5.41) is 7.25. The van der Waals surface area contributed by atoms with E-state index in [0.717, 1.165) is 22.3 Å². The lowest BCUT2D eigenvalue weighted by Gasteiger charge is -2.20. The third-order valence-corrected chi connectivity index (χ3v) is 5.12. The van der Waals surface area contributed by atoms with Gasteiger partial charge in [0.2, 0.25) is 5.69 Å². The maximum Gasteiger partial charge on any atom is 0.351 e. The Bertz CT molecular complexity index is 1160. The first-order valence-corrected chi connectivity index (χ1v) is 10.3. The van der Waals surface area contributed by atoms with E-state index in [0.29, 0.717) is 23.8 Å². The van der Waals surface area contributed by atoms with Crippen molar-refractivity contribution >= 4 is 17.5 Å². The number of nitrogens with one attached hydrogen (secondary N) is 1. The molecule has 1 aromatic heterocycles. The second-order valence-electron chi connectivity index (χ2n) is 6.99. The Balaban J connectivity index is 1.73. The zero-order chi connectivity index (χ0) is 22.4. The average molecular weight is 442 g/mol. The Morgan fingerprint density at radius 3 is 2.42 bits per heavy atom. The van der Waals surface area contributed by atoms with Crippen LogP contribution in [-0.4, -0.2) is 44.8 Å². The van der Waals surface area contributed by atoms with Gasteiger partial charge in [-0.1, -0.05) is 48.9 Å². The van der Waals surface area contributed by atoms with E-state index in [2.05, 4.69) is 27.4 Å². The number of rotatable bonds is 8. The quantitative estimate of drug-likeness (QED) is 0.576. The Morgan fingerprint density at radius 1 is 1.10 bits per heavy atom. The molecule has 0 saturated heterocycles.